The van der Waals surface area contributed by atoms with Crippen LogP contribution in [0.4, 0.5) is 5.69 Å². The Morgan fingerprint density at radius 3 is 2.67 bits per heavy atom. The van der Waals surface area contributed by atoms with Gasteiger partial charge in [-0.05, 0) is 48.9 Å². The largest absolute Gasteiger partial charge is 0.497 e. The Bertz CT molecular complexity index is 840. The molecule has 6 heteroatoms. The summed E-state index contributed by atoms with van der Waals surface area (Å²) in [6, 6.07) is 14.9. The van der Waals surface area contributed by atoms with Crippen molar-refractivity contribution in [1.29, 1.82) is 0 Å². The molecule has 2 aromatic carbocycles. The summed E-state index contributed by atoms with van der Waals surface area (Å²) >= 11 is 0. The molecule has 3 rings (SSSR count). The maximum absolute atomic E-state index is 12.2. The molecule has 0 saturated carbocycles. The van der Waals surface area contributed by atoms with Gasteiger partial charge in [-0.15, -0.1) is 0 Å². The number of H-pyrrole nitrogens is 1. The van der Waals surface area contributed by atoms with E-state index in [-0.39, 0.29) is 5.91 Å². The maximum atomic E-state index is 12.2. The number of aromatic nitrogens is 3. The van der Waals surface area contributed by atoms with Gasteiger partial charge in [0.15, 0.2) is 5.82 Å². The molecule has 0 saturated heterocycles. The SMILES string of the molecule is COc1cccc(CC(=O)Nc2ccc(-c3n[nH]c(C)n3)cc2)c1. The van der Waals surface area contributed by atoms with Crippen molar-refractivity contribution < 1.29 is 9.53 Å². The molecule has 3 aromatic rings. The van der Waals surface area contributed by atoms with E-state index in [0.717, 1.165) is 28.4 Å². The minimum atomic E-state index is -0.0789. The third-order valence-corrected chi connectivity index (χ3v) is 3.52. The van der Waals surface area contributed by atoms with Gasteiger partial charge in [0.1, 0.15) is 11.6 Å². The standard InChI is InChI=1S/C18H18N4O2/c1-12-19-18(22-21-12)14-6-8-15(9-7-14)20-17(23)11-13-4-3-5-16(10-13)24-2/h3-10H,11H2,1-2H3,(H,20,23)(H,19,21,22). The number of methoxy groups -OCH3 is 1. The summed E-state index contributed by atoms with van der Waals surface area (Å²) < 4.78 is 5.17. The quantitative estimate of drug-likeness (QED) is 0.757. The lowest BCUT2D eigenvalue weighted by Gasteiger charge is -2.07. The Morgan fingerprint density at radius 2 is 2.00 bits per heavy atom. The Balaban J connectivity index is 1.64. The molecule has 1 heterocycles. The number of hydrogen-bond donors (Lipinski definition) is 2. The van der Waals surface area contributed by atoms with E-state index in [2.05, 4.69) is 20.5 Å². The lowest BCUT2D eigenvalue weighted by atomic mass is 10.1. The Labute approximate surface area is 139 Å². The van der Waals surface area contributed by atoms with Crippen molar-refractivity contribution in [2.24, 2.45) is 0 Å². The smallest absolute Gasteiger partial charge is 0.228 e. The molecule has 1 amide bonds. The first-order valence-electron chi connectivity index (χ1n) is 7.56. The van der Waals surface area contributed by atoms with E-state index in [1.165, 1.54) is 0 Å². The van der Waals surface area contributed by atoms with E-state index in [0.29, 0.717) is 12.2 Å². The second-order valence-electron chi connectivity index (χ2n) is 5.40. The van der Waals surface area contributed by atoms with Gasteiger partial charge in [0.25, 0.3) is 0 Å². The molecule has 0 bridgehead atoms. The van der Waals surface area contributed by atoms with Crippen LogP contribution in [0.5, 0.6) is 5.75 Å². The topological polar surface area (TPSA) is 79.9 Å². The zero-order valence-electron chi connectivity index (χ0n) is 13.5. The number of carbonyl (C=O) groups is 1. The van der Waals surface area contributed by atoms with Crippen molar-refractivity contribution in [2.45, 2.75) is 13.3 Å². The second kappa shape index (κ2) is 6.95. The lowest BCUT2D eigenvalue weighted by Crippen LogP contribution is -2.14. The number of aryl methyl sites for hydroxylation is 1. The number of ether oxygens (including phenoxy) is 1. The molecule has 24 heavy (non-hydrogen) atoms. The van der Waals surface area contributed by atoms with Crippen molar-refractivity contribution in [3.63, 3.8) is 0 Å². The van der Waals surface area contributed by atoms with Crippen molar-refractivity contribution in [3.05, 3.63) is 59.9 Å². The molecule has 0 atom stereocenters. The zero-order valence-corrected chi connectivity index (χ0v) is 13.5. The highest BCUT2D eigenvalue weighted by Gasteiger charge is 2.07. The summed E-state index contributed by atoms with van der Waals surface area (Å²) in [6.07, 6.45) is 0.291. The molecule has 122 valence electrons. The molecule has 0 spiro atoms. The fraction of sp³-hybridized carbons (Fsp3) is 0.167. The van der Waals surface area contributed by atoms with Gasteiger partial charge < -0.3 is 10.1 Å². The van der Waals surface area contributed by atoms with E-state index in [4.69, 9.17) is 4.74 Å². The number of carbonyl (C=O) groups excluding carboxylic acids is 1. The van der Waals surface area contributed by atoms with E-state index in [1.54, 1.807) is 7.11 Å². The van der Waals surface area contributed by atoms with Crippen molar-refractivity contribution >= 4 is 11.6 Å². The zero-order chi connectivity index (χ0) is 16.9. The van der Waals surface area contributed by atoms with E-state index >= 15 is 0 Å². The normalized spacial score (nSPS) is 10.4. The number of benzene rings is 2. The molecule has 0 aliphatic carbocycles. The van der Waals surface area contributed by atoms with E-state index in [9.17, 15) is 4.79 Å². The fourth-order valence-corrected chi connectivity index (χ4v) is 2.35. The molecule has 0 radical (unpaired) electrons. The van der Waals surface area contributed by atoms with Crippen LogP contribution in [0, 0.1) is 6.92 Å². The average Bonchev–Trinajstić information content (AvgIpc) is 3.02. The monoisotopic (exact) mass is 322 g/mol. The average molecular weight is 322 g/mol. The highest BCUT2D eigenvalue weighted by Crippen LogP contribution is 2.18. The van der Waals surface area contributed by atoms with Crippen LogP contribution in [0.25, 0.3) is 11.4 Å². The van der Waals surface area contributed by atoms with Crippen LogP contribution in [-0.4, -0.2) is 28.2 Å². The minimum Gasteiger partial charge on any atom is -0.497 e. The van der Waals surface area contributed by atoms with Crippen molar-refractivity contribution in [2.75, 3.05) is 12.4 Å². The Kier molecular flexibility index (Phi) is 4.56. The predicted octanol–water partition coefficient (Wildman–Crippen LogP) is 2.97. The Hall–Kier alpha value is -3.15. The molecule has 1 aromatic heterocycles. The first-order valence-corrected chi connectivity index (χ1v) is 7.56. The first-order chi connectivity index (χ1) is 11.6. The van der Waals surface area contributed by atoms with Gasteiger partial charge in [-0.3, -0.25) is 9.89 Å². The van der Waals surface area contributed by atoms with Crippen LogP contribution in [-0.2, 0) is 11.2 Å². The third-order valence-electron chi connectivity index (χ3n) is 3.52. The fourth-order valence-electron chi connectivity index (χ4n) is 2.35. The number of rotatable bonds is 5. The van der Waals surface area contributed by atoms with E-state index < -0.39 is 0 Å². The van der Waals surface area contributed by atoms with Gasteiger partial charge in [0, 0.05) is 11.3 Å². The summed E-state index contributed by atoms with van der Waals surface area (Å²) in [5, 5.41) is 9.81. The summed E-state index contributed by atoms with van der Waals surface area (Å²) in [6.45, 7) is 1.85. The number of amides is 1. The Morgan fingerprint density at radius 1 is 1.21 bits per heavy atom. The summed E-state index contributed by atoms with van der Waals surface area (Å²) in [4.78, 5) is 16.4. The number of nitrogens with one attached hydrogen (secondary N) is 2. The molecule has 2 N–H and O–H groups in total. The molecule has 6 nitrogen and oxygen atoms in total. The maximum Gasteiger partial charge on any atom is 0.228 e. The molecule has 0 aliphatic rings. The number of nitrogens with zero attached hydrogens (tertiary/aromatic N) is 2. The van der Waals surface area contributed by atoms with Crippen LogP contribution in [0.15, 0.2) is 48.5 Å². The predicted molar refractivity (Wildman–Crippen MR) is 91.9 cm³/mol. The molecular weight excluding hydrogens is 304 g/mol. The summed E-state index contributed by atoms with van der Waals surface area (Å²) in [5.41, 5.74) is 2.53. The van der Waals surface area contributed by atoms with Crippen LogP contribution >= 0.6 is 0 Å². The van der Waals surface area contributed by atoms with Crippen LogP contribution in [0.2, 0.25) is 0 Å². The van der Waals surface area contributed by atoms with Crippen molar-refractivity contribution in [1.82, 2.24) is 15.2 Å². The van der Waals surface area contributed by atoms with Gasteiger partial charge in [0.05, 0.1) is 13.5 Å². The molecule has 0 aliphatic heterocycles. The molecule has 0 fully saturated rings. The molecule has 0 unspecified atom stereocenters. The van der Waals surface area contributed by atoms with E-state index in [1.807, 2.05) is 55.5 Å². The van der Waals surface area contributed by atoms with Gasteiger partial charge in [0.2, 0.25) is 5.91 Å². The number of anilines is 1. The summed E-state index contributed by atoms with van der Waals surface area (Å²) in [5.74, 6) is 2.07. The van der Waals surface area contributed by atoms with Crippen molar-refractivity contribution in [3.8, 4) is 17.1 Å². The minimum absolute atomic E-state index is 0.0789. The third kappa shape index (κ3) is 3.78. The van der Waals surface area contributed by atoms with Gasteiger partial charge >= 0.3 is 0 Å². The van der Waals surface area contributed by atoms with Crippen LogP contribution in [0.1, 0.15) is 11.4 Å². The van der Waals surface area contributed by atoms with Crippen LogP contribution < -0.4 is 10.1 Å². The van der Waals surface area contributed by atoms with Crippen LogP contribution in [0.3, 0.4) is 0 Å². The highest BCUT2D eigenvalue weighted by atomic mass is 16.5. The van der Waals surface area contributed by atoms with Gasteiger partial charge in [-0.25, -0.2) is 4.98 Å². The number of aromatic amines is 1. The summed E-state index contributed by atoms with van der Waals surface area (Å²) in [7, 11) is 1.61. The van der Waals surface area contributed by atoms with Gasteiger partial charge in [-0.1, -0.05) is 12.1 Å². The van der Waals surface area contributed by atoms with Gasteiger partial charge in [-0.2, -0.15) is 5.10 Å². The number of hydrogen-bond acceptors (Lipinski definition) is 4. The molecular formula is C18H18N4O2. The second-order valence-corrected chi connectivity index (χ2v) is 5.40. The first kappa shape index (κ1) is 15.7. The lowest BCUT2D eigenvalue weighted by molar-refractivity contribution is -0.115. The highest BCUT2D eigenvalue weighted by molar-refractivity contribution is 5.92.